The zero-order valence-corrected chi connectivity index (χ0v) is 11.6. The topological polar surface area (TPSA) is 52.3 Å². The monoisotopic (exact) mass is 269 g/mol. The van der Waals surface area contributed by atoms with Gasteiger partial charge in [0.25, 0.3) is 0 Å². The van der Waals surface area contributed by atoms with Gasteiger partial charge in [0.05, 0.1) is 12.6 Å². The summed E-state index contributed by atoms with van der Waals surface area (Å²) in [4.78, 5) is 12.3. The zero-order chi connectivity index (χ0) is 14.4. The summed E-state index contributed by atoms with van der Waals surface area (Å²) in [7, 11) is 0. The van der Waals surface area contributed by atoms with Gasteiger partial charge < -0.3 is 10.5 Å². The van der Waals surface area contributed by atoms with Gasteiger partial charge in [-0.05, 0) is 36.2 Å². The Hall–Kier alpha value is -2.13. The van der Waals surface area contributed by atoms with E-state index in [-0.39, 0.29) is 5.78 Å². The fraction of sp³-hybridized carbons (Fsp3) is 0.235. The second-order valence-electron chi connectivity index (χ2n) is 4.63. The molecule has 3 heteroatoms. The Kier molecular flexibility index (Phi) is 4.91. The summed E-state index contributed by atoms with van der Waals surface area (Å²) in [5.74, 6) is 0.690. The predicted molar refractivity (Wildman–Crippen MR) is 79.9 cm³/mol. The van der Waals surface area contributed by atoms with E-state index in [1.165, 1.54) is 0 Å². The molecular weight excluding hydrogens is 250 g/mol. The van der Waals surface area contributed by atoms with E-state index in [2.05, 4.69) is 6.92 Å². The van der Waals surface area contributed by atoms with Gasteiger partial charge in [0.2, 0.25) is 0 Å². The van der Waals surface area contributed by atoms with Crippen LogP contribution >= 0.6 is 0 Å². The first-order valence-electron chi connectivity index (χ1n) is 6.80. The third-order valence-corrected chi connectivity index (χ3v) is 3.05. The second-order valence-corrected chi connectivity index (χ2v) is 4.63. The van der Waals surface area contributed by atoms with E-state index in [1.54, 1.807) is 24.3 Å². The van der Waals surface area contributed by atoms with E-state index in [0.717, 1.165) is 17.7 Å². The molecule has 2 aromatic rings. The molecule has 1 atom stereocenters. The van der Waals surface area contributed by atoms with Crippen molar-refractivity contribution in [2.75, 3.05) is 6.61 Å². The van der Waals surface area contributed by atoms with Crippen LogP contribution in [0.15, 0.2) is 54.6 Å². The number of ether oxygens (including phenoxy) is 1. The van der Waals surface area contributed by atoms with Crippen molar-refractivity contribution in [2.45, 2.75) is 19.4 Å². The first kappa shape index (κ1) is 14.3. The average molecular weight is 269 g/mol. The number of hydrogen-bond acceptors (Lipinski definition) is 3. The maximum absolute atomic E-state index is 12.3. The quantitative estimate of drug-likeness (QED) is 0.818. The summed E-state index contributed by atoms with van der Waals surface area (Å²) in [5, 5.41) is 0. The average Bonchev–Trinajstić information content (AvgIpc) is 2.53. The van der Waals surface area contributed by atoms with Crippen LogP contribution in [0.2, 0.25) is 0 Å². The lowest BCUT2D eigenvalue weighted by molar-refractivity contribution is 0.0961. The normalized spacial score (nSPS) is 11.9. The van der Waals surface area contributed by atoms with Crippen molar-refractivity contribution in [1.82, 2.24) is 0 Å². The van der Waals surface area contributed by atoms with Crippen molar-refractivity contribution >= 4 is 5.78 Å². The van der Waals surface area contributed by atoms with Crippen molar-refractivity contribution < 1.29 is 9.53 Å². The van der Waals surface area contributed by atoms with Gasteiger partial charge in [-0.25, -0.2) is 0 Å². The molecule has 2 rings (SSSR count). The van der Waals surface area contributed by atoms with Gasteiger partial charge in [-0.3, -0.25) is 4.79 Å². The smallest absolute Gasteiger partial charge is 0.184 e. The van der Waals surface area contributed by atoms with Crippen molar-refractivity contribution in [3.63, 3.8) is 0 Å². The number of carbonyl (C=O) groups is 1. The number of Topliss-reactive ketones (excluding diaryl/α,β-unsaturated/α-hetero) is 1. The van der Waals surface area contributed by atoms with Gasteiger partial charge in [0.15, 0.2) is 5.78 Å². The summed E-state index contributed by atoms with van der Waals surface area (Å²) in [6, 6.07) is 15.9. The van der Waals surface area contributed by atoms with E-state index in [1.807, 2.05) is 30.3 Å². The molecular formula is C17H19NO2. The van der Waals surface area contributed by atoms with Crippen LogP contribution in [0.25, 0.3) is 0 Å². The van der Waals surface area contributed by atoms with Crippen LogP contribution in [-0.4, -0.2) is 12.4 Å². The Labute approximate surface area is 119 Å². The number of hydrogen-bond donors (Lipinski definition) is 1. The molecule has 20 heavy (non-hydrogen) atoms. The molecule has 0 radical (unpaired) electrons. The minimum Gasteiger partial charge on any atom is -0.494 e. The fourth-order valence-electron chi connectivity index (χ4n) is 1.93. The Morgan fingerprint density at radius 1 is 1.10 bits per heavy atom. The summed E-state index contributed by atoms with van der Waals surface area (Å²) in [5.41, 5.74) is 7.43. The Bertz CT molecular complexity index is 549. The molecule has 0 aromatic heterocycles. The van der Waals surface area contributed by atoms with Gasteiger partial charge in [-0.2, -0.15) is 0 Å². The molecule has 0 aliphatic rings. The van der Waals surface area contributed by atoms with Gasteiger partial charge in [0, 0.05) is 5.56 Å². The van der Waals surface area contributed by atoms with Crippen LogP contribution < -0.4 is 10.5 Å². The molecule has 3 nitrogen and oxygen atoms in total. The van der Waals surface area contributed by atoms with Gasteiger partial charge in [0.1, 0.15) is 5.75 Å². The van der Waals surface area contributed by atoms with E-state index in [4.69, 9.17) is 10.5 Å². The highest BCUT2D eigenvalue weighted by Gasteiger charge is 2.17. The van der Waals surface area contributed by atoms with Gasteiger partial charge >= 0.3 is 0 Å². The van der Waals surface area contributed by atoms with E-state index >= 15 is 0 Å². The largest absolute Gasteiger partial charge is 0.494 e. The molecule has 0 saturated heterocycles. The second kappa shape index (κ2) is 6.87. The van der Waals surface area contributed by atoms with Crippen LogP contribution in [0.1, 0.15) is 35.3 Å². The lowest BCUT2D eigenvalue weighted by atomic mass is 9.98. The molecule has 1 unspecified atom stereocenters. The number of benzene rings is 2. The molecule has 0 fully saturated rings. The van der Waals surface area contributed by atoms with Crippen molar-refractivity contribution in [3.05, 3.63) is 65.7 Å². The molecule has 0 bridgehead atoms. The Balaban J connectivity index is 2.09. The lowest BCUT2D eigenvalue weighted by Gasteiger charge is -2.11. The summed E-state index contributed by atoms with van der Waals surface area (Å²) < 4.78 is 5.49. The highest BCUT2D eigenvalue weighted by atomic mass is 16.5. The summed E-state index contributed by atoms with van der Waals surface area (Å²) >= 11 is 0. The SMILES string of the molecule is CCCOc1ccc(C(=O)C(N)c2ccccc2)cc1. The van der Waals surface area contributed by atoms with Crippen molar-refractivity contribution in [2.24, 2.45) is 5.73 Å². The lowest BCUT2D eigenvalue weighted by Crippen LogP contribution is -2.21. The zero-order valence-electron chi connectivity index (χ0n) is 11.6. The predicted octanol–water partition coefficient (Wildman–Crippen LogP) is 3.36. The molecule has 0 aliphatic carbocycles. The molecule has 0 heterocycles. The highest BCUT2D eigenvalue weighted by Crippen LogP contribution is 2.18. The molecule has 0 spiro atoms. The number of carbonyl (C=O) groups excluding carboxylic acids is 1. The molecule has 2 aromatic carbocycles. The number of ketones is 1. The number of rotatable bonds is 6. The minimum atomic E-state index is -0.626. The maximum Gasteiger partial charge on any atom is 0.184 e. The molecule has 0 amide bonds. The molecule has 104 valence electrons. The standard InChI is InChI=1S/C17H19NO2/c1-2-12-20-15-10-8-14(9-11-15)17(19)16(18)13-6-4-3-5-7-13/h3-11,16H,2,12,18H2,1H3. The number of nitrogens with two attached hydrogens (primary N) is 1. The summed E-state index contributed by atoms with van der Waals surface area (Å²) in [6.07, 6.45) is 0.958. The first-order chi connectivity index (χ1) is 9.72. The van der Waals surface area contributed by atoms with Gasteiger partial charge in [-0.1, -0.05) is 37.3 Å². The Morgan fingerprint density at radius 3 is 2.35 bits per heavy atom. The molecule has 2 N–H and O–H groups in total. The van der Waals surface area contributed by atoms with E-state index in [0.29, 0.717) is 12.2 Å². The minimum absolute atomic E-state index is 0.0850. The van der Waals surface area contributed by atoms with E-state index in [9.17, 15) is 4.79 Å². The van der Waals surface area contributed by atoms with Crippen molar-refractivity contribution in [3.8, 4) is 5.75 Å². The van der Waals surface area contributed by atoms with Gasteiger partial charge in [-0.15, -0.1) is 0 Å². The van der Waals surface area contributed by atoms with Crippen LogP contribution in [0.4, 0.5) is 0 Å². The fourth-order valence-corrected chi connectivity index (χ4v) is 1.93. The van der Waals surface area contributed by atoms with Crippen LogP contribution in [0.3, 0.4) is 0 Å². The van der Waals surface area contributed by atoms with Crippen LogP contribution in [-0.2, 0) is 0 Å². The van der Waals surface area contributed by atoms with E-state index < -0.39 is 6.04 Å². The van der Waals surface area contributed by atoms with Crippen LogP contribution in [0.5, 0.6) is 5.75 Å². The Morgan fingerprint density at radius 2 is 1.75 bits per heavy atom. The summed E-state index contributed by atoms with van der Waals surface area (Å²) in [6.45, 7) is 2.73. The molecule has 0 saturated carbocycles. The third-order valence-electron chi connectivity index (χ3n) is 3.05. The maximum atomic E-state index is 12.3. The third kappa shape index (κ3) is 3.45. The first-order valence-corrected chi connectivity index (χ1v) is 6.80. The molecule has 0 aliphatic heterocycles. The highest BCUT2D eigenvalue weighted by molar-refractivity contribution is 6.00. The van der Waals surface area contributed by atoms with Crippen LogP contribution in [0, 0.1) is 0 Å². The van der Waals surface area contributed by atoms with Crippen molar-refractivity contribution in [1.29, 1.82) is 0 Å².